The number of carbonyl (C=O) groups is 2. The maximum atomic E-state index is 12.0. The van der Waals surface area contributed by atoms with Crippen LogP contribution >= 0.6 is 11.6 Å². The van der Waals surface area contributed by atoms with E-state index in [4.69, 9.17) is 21.1 Å². The van der Waals surface area contributed by atoms with Gasteiger partial charge < -0.3 is 19.5 Å². The number of esters is 1. The first-order chi connectivity index (χ1) is 11.2. The standard InChI is InChI=1S/C17H22ClNO5/c1-6-24-13-10-11(9-12(18)15(13)22-4)7-8-14(20)19-17(2,3)16(21)23-5/h7-10H,6H2,1-5H3,(H,19,20)/b8-7+. The average Bonchev–Trinajstić information content (AvgIpc) is 2.51. The van der Waals surface area contributed by atoms with E-state index in [1.54, 1.807) is 32.1 Å². The Hall–Kier alpha value is -2.21. The number of hydrogen-bond acceptors (Lipinski definition) is 5. The molecule has 0 aliphatic heterocycles. The molecule has 6 nitrogen and oxygen atoms in total. The van der Waals surface area contributed by atoms with Crippen LogP contribution in [0.3, 0.4) is 0 Å². The van der Waals surface area contributed by atoms with E-state index in [9.17, 15) is 9.59 Å². The first-order valence-electron chi connectivity index (χ1n) is 7.34. The Morgan fingerprint density at radius 2 is 1.96 bits per heavy atom. The summed E-state index contributed by atoms with van der Waals surface area (Å²) in [4.78, 5) is 23.5. The molecule has 0 radical (unpaired) electrons. The smallest absolute Gasteiger partial charge is 0.330 e. The van der Waals surface area contributed by atoms with Crippen molar-refractivity contribution in [2.24, 2.45) is 0 Å². The largest absolute Gasteiger partial charge is 0.491 e. The Morgan fingerprint density at radius 1 is 1.29 bits per heavy atom. The van der Waals surface area contributed by atoms with E-state index in [2.05, 4.69) is 10.1 Å². The molecule has 1 rings (SSSR count). The van der Waals surface area contributed by atoms with Crippen molar-refractivity contribution in [2.75, 3.05) is 20.8 Å². The summed E-state index contributed by atoms with van der Waals surface area (Å²) < 4.78 is 15.3. The predicted molar refractivity (Wildman–Crippen MR) is 92.4 cm³/mol. The molecule has 1 aromatic carbocycles. The lowest BCUT2D eigenvalue weighted by Gasteiger charge is -2.22. The van der Waals surface area contributed by atoms with Crippen molar-refractivity contribution < 1.29 is 23.8 Å². The molecule has 0 spiro atoms. The van der Waals surface area contributed by atoms with Crippen LogP contribution in [0.4, 0.5) is 0 Å². The fourth-order valence-corrected chi connectivity index (χ4v) is 2.27. The van der Waals surface area contributed by atoms with Crippen LogP contribution in [0.25, 0.3) is 6.08 Å². The topological polar surface area (TPSA) is 73.9 Å². The molecule has 1 amide bonds. The summed E-state index contributed by atoms with van der Waals surface area (Å²) >= 11 is 6.15. The van der Waals surface area contributed by atoms with E-state index in [1.165, 1.54) is 20.3 Å². The molecule has 0 saturated heterocycles. The zero-order valence-electron chi connectivity index (χ0n) is 14.4. The highest BCUT2D eigenvalue weighted by Gasteiger charge is 2.29. The first kappa shape index (κ1) is 19.8. The molecule has 0 fully saturated rings. The van der Waals surface area contributed by atoms with Crippen LogP contribution in [0.1, 0.15) is 26.3 Å². The minimum absolute atomic E-state index is 0.374. The molecular formula is C17H22ClNO5. The van der Waals surface area contributed by atoms with Crippen molar-refractivity contribution in [3.8, 4) is 11.5 Å². The number of rotatable bonds is 7. The Morgan fingerprint density at radius 3 is 2.50 bits per heavy atom. The third-order valence-corrected chi connectivity index (χ3v) is 3.38. The predicted octanol–water partition coefficient (Wildman–Crippen LogP) is 2.83. The molecule has 0 atom stereocenters. The average molecular weight is 356 g/mol. The van der Waals surface area contributed by atoms with Gasteiger partial charge in [-0.2, -0.15) is 0 Å². The normalized spacial score (nSPS) is 11.2. The van der Waals surface area contributed by atoms with Crippen molar-refractivity contribution in [3.63, 3.8) is 0 Å². The molecule has 1 N–H and O–H groups in total. The van der Waals surface area contributed by atoms with Gasteiger partial charge in [-0.25, -0.2) is 4.79 Å². The number of nitrogens with one attached hydrogen (secondary N) is 1. The van der Waals surface area contributed by atoms with Crippen LogP contribution in [0.5, 0.6) is 11.5 Å². The van der Waals surface area contributed by atoms with Crippen LogP contribution in [0, 0.1) is 0 Å². The van der Waals surface area contributed by atoms with Gasteiger partial charge in [0.2, 0.25) is 5.91 Å². The third-order valence-electron chi connectivity index (χ3n) is 3.09. The van der Waals surface area contributed by atoms with Crippen LogP contribution < -0.4 is 14.8 Å². The SMILES string of the molecule is CCOc1cc(/C=C/C(=O)NC(C)(C)C(=O)OC)cc(Cl)c1OC. The Labute approximate surface area is 146 Å². The first-order valence-corrected chi connectivity index (χ1v) is 7.72. The Bertz CT molecular complexity index is 640. The molecule has 0 bridgehead atoms. The Balaban J connectivity index is 2.94. The van der Waals surface area contributed by atoms with Crippen molar-refractivity contribution in [1.82, 2.24) is 5.32 Å². The monoisotopic (exact) mass is 355 g/mol. The van der Waals surface area contributed by atoms with E-state index < -0.39 is 17.4 Å². The van der Waals surface area contributed by atoms with Crippen LogP contribution in [0.15, 0.2) is 18.2 Å². The van der Waals surface area contributed by atoms with Gasteiger partial charge in [-0.15, -0.1) is 0 Å². The lowest BCUT2D eigenvalue weighted by Crippen LogP contribution is -2.49. The molecule has 0 saturated carbocycles. The summed E-state index contributed by atoms with van der Waals surface area (Å²) in [6.07, 6.45) is 2.87. The highest BCUT2D eigenvalue weighted by Crippen LogP contribution is 2.36. The molecule has 132 valence electrons. The summed E-state index contributed by atoms with van der Waals surface area (Å²) in [5, 5.41) is 2.94. The molecule has 0 aliphatic carbocycles. The number of halogens is 1. The zero-order valence-corrected chi connectivity index (χ0v) is 15.2. The third kappa shape index (κ3) is 5.16. The van der Waals surface area contributed by atoms with Crippen molar-refractivity contribution in [2.45, 2.75) is 26.3 Å². The van der Waals surface area contributed by atoms with E-state index in [0.29, 0.717) is 28.7 Å². The number of hydrogen-bond donors (Lipinski definition) is 1. The van der Waals surface area contributed by atoms with E-state index in [-0.39, 0.29) is 0 Å². The highest BCUT2D eigenvalue weighted by atomic mass is 35.5. The molecule has 24 heavy (non-hydrogen) atoms. The zero-order chi connectivity index (χ0) is 18.3. The van der Waals surface area contributed by atoms with Gasteiger partial charge >= 0.3 is 5.97 Å². The van der Waals surface area contributed by atoms with Crippen LogP contribution in [0.2, 0.25) is 5.02 Å². The minimum atomic E-state index is -1.12. The van der Waals surface area contributed by atoms with E-state index in [1.807, 2.05) is 6.92 Å². The van der Waals surface area contributed by atoms with Gasteiger partial charge in [0.15, 0.2) is 11.5 Å². The lowest BCUT2D eigenvalue weighted by molar-refractivity contribution is -0.148. The van der Waals surface area contributed by atoms with Gasteiger partial charge in [0.1, 0.15) is 5.54 Å². The summed E-state index contributed by atoms with van der Waals surface area (Å²) in [7, 11) is 2.77. The second-order valence-corrected chi connectivity index (χ2v) is 5.81. The fraction of sp³-hybridized carbons (Fsp3) is 0.412. The summed E-state index contributed by atoms with van der Waals surface area (Å²) in [5.41, 5.74) is -0.459. The Kier molecular flexibility index (Phi) is 7.10. The second-order valence-electron chi connectivity index (χ2n) is 5.41. The number of benzene rings is 1. The fourth-order valence-electron chi connectivity index (χ4n) is 1.97. The summed E-state index contributed by atoms with van der Waals surface area (Å²) in [5.74, 6) is -0.0416. The van der Waals surface area contributed by atoms with Gasteiger partial charge in [0.05, 0.1) is 25.8 Å². The summed E-state index contributed by atoms with van der Waals surface area (Å²) in [6.45, 7) is 5.41. The molecule has 7 heteroatoms. The van der Waals surface area contributed by atoms with Gasteiger partial charge in [-0.3, -0.25) is 4.79 Å². The van der Waals surface area contributed by atoms with Crippen LogP contribution in [-0.2, 0) is 14.3 Å². The van der Waals surface area contributed by atoms with Gasteiger partial charge in [0, 0.05) is 6.08 Å². The molecule has 0 aliphatic rings. The molecule has 1 aromatic rings. The van der Waals surface area contributed by atoms with Gasteiger partial charge in [0.25, 0.3) is 0 Å². The second kappa shape index (κ2) is 8.59. The number of methoxy groups -OCH3 is 2. The maximum Gasteiger partial charge on any atom is 0.330 e. The van der Waals surface area contributed by atoms with E-state index >= 15 is 0 Å². The van der Waals surface area contributed by atoms with Gasteiger partial charge in [-0.05, 0) is 44.5 Å². The molecule has 0 heterocycles. The molecule has 0 unspecified atom stereocenters. The highest BCUT2D eigenvalue weighted by molar-refractivity contribution is 6.32. The van der Waals surface area contributed by atoms with Crippen molar-refractivity contribution in [1.29, 1.82) is 0 Å². The number of carbonyl (C=O) groups excluding carboxylic acids is 2. The quantitative estimate of drug-likeness (QED) is 0.601. The van der Waals surface area contributed by atoms with Gasteiger partial charge in [-0.1, -0.05) is 11.6 Å². The maximum absolute atomic E-state index is 12.0. The van der Waals surface area contributed by atoms with Crippen molar-refractivity contribution in [3.05, 3.63) is 28.8 Å². The van der Waals surface area contributed by atoms with E-state index in [0.717, 1.165) is 0 Å². The van der Waals surface area contributed by atoms with Crippen molar-refractivity contribution >= 4 is 29.6 Å². The molecular weight excluding hydrogens is 334 g/mol. The summed E-state index contributed by atoms with van der Waals surface area (Å²) in [6, 6.07) is 3.36. The minimum Gasteiger partial charge on any atom is -0.491 e. The lowest BCUT2D eigenvalue weighted by atomic mass is 10.1. The number of amides is 1. The number of ether oxygens (including phenoxy) is 3. The van der Waals surface area contributed by atoms with Crippen LogP contribution in [-0.4, -0.2) is 38.2 Å². The molecule has 0 aromatic heterocycles.